The van der Waals surface area contributed by atoms with E-state index in [1.165, 1.54) is 11.1 Å². The van der Waals surface area contributed by atoms with Gasteiger partial charge in [-0.3, -0.25) is 0 Å². The molecule has 20 heavy (non-hydrogen) atoms. The number of nitrogens with one attached hydrogen (secondary N) is 1. The minimum absolute atomic E-state index is 0.213. The number of halogens is 2. The molecule has 0 heterocycles. The summed E-state index contributed by atoms with van der Waals surface area (Å²) in [4.78, 5) is 0. The Bertz CT molecular complexity index is 613. The highest BCUT2D eigenvalue weighted by atomic mass is 79.9. The lowest BCUT2D eigenvalue weighted by atomic mass is 10.1. The van der Waals surface area contributed by atoms with E-state index in [0.717, 1.165) is 20.4 Å². The quantitative estimate of drug-likeness (QED) is 0.712. The maximum Gasteiger partial charge on any atom is 0.119 e. The third-order valence-corrected chi connectivity index (χ3v) is 4.41. The van der Waals surface area contributed by atoms with Crippen molar-refractivity contribution in [2.24, 2.45) is 0 Å². The fraction of sp³-hybridized carbons (Fsp3) is 0.250. The van der Waals surface area contributed by atoms with E-state index >= 15 is 0 Å². The van der Waals surface area contributed by atoms with Crippen LogP contribution < -0.4 is 10.1 Å². The summed E-state index contributed by atoms with van der Waals surface area (Å²) in [5, 5.41) is 3.54. The zero-order valence-electron chi connectivity index (χ0n) is 11.7. The standard InChI is InChI=1S/C16H17Br2NO/c1-10-8-13(20-3)5-7-16(10)19-11(2)14-6-4-12(17)9-15(14)18/h4-9,11,19H,1-3H3. The summed E-state index contributed by atoms with van der Waals surface area (Å²) in [7, 11) is 1.68. The van der Waals surface area contributed by atoms with Crippen LogP contribution in [-0.4, -0.2) is 7.11 Å². The van der Waals surface area contributed by atoms with E-state index < -0.39 is 0 Å². The fourth-order valence-electron chi connectivity index (χ4n) is 2.09. The van der Waals surface area contributed by atoms with Crippen molar-refractivity contribution in [1.82, 2.24) is 0 Å². The van der Waals surface area contributed by atoms with Crippen LogP contribution in [0.3, 0.4) is 0 Å². The van der Waals surface area contributed by atoms with Gasteiger partial charge in [-0.2, -0.15) is 0 Å². The van der Waals surface area contributed by atoms with E-state index in [2.05, 4.69) is 75.3 Å². The van der Waals surface area contributed by atoms with Crippen molar-refractivity contribution in [3.05, 3.63) is 56.5 Å². The topological polar surface area (TPSA) is 21.3 Å². The van der Waals surface area contributed by atoms with Gasteiger partial charge in [0, 0.05) is 20.7 Å². The molecule has 2 nitrogen and oxygen atoms in total. The molecule has 0 amide bonds. The second kappa shape index (κ2) is 6.64. The van der Waals surface area contributed by atoms with Crippen LogP contribution in [0.15, 0.2) is 45.3 Å². The molecule has 0 saturated carbocycles. The minimum atomic E-state index is 0.213. The molecule has 0 aromatic heterocycles. The van der Waals surface area contributed by atoms with Gasteiger partial charge in [0.15, 0.2) is 0 Å². The molecule has 4 heteroatoms. The molecule has 1 atom stereocenters. The number of hydrogen-bond donors (Lipinski definition) is 1. The summed E-state index contributed by atoms with van der Waals surface area (Å²) in [5.41, 5.74) is 3.51. The third kappa shape index (κ3) is 3.55. The normalized spacial score (nSPS) is 12.1. The largest absolute Gasteiger partial charge is 0.497 e. The molecule has 106 valence electrons. The first kappa shape index (κ1) is 15.4. The Morgan fingerprint density at radius 2 is 1.85 bits per heavy atom. The number of rotatable bonds is 4. The van der Waals surface area contributed by atoms with E-state index in [4.69, 9.17) is 4.74 Å². The molecule has 0 radical (unpaired) electrons. The molecule has 2 aromatic carbocycles. The van der Waals surface area contributed by atoms with Gasteiger partial charge in [0.2, 0.25) is 0 Å². The van der Waals surface area contributed by atoms with Crippen molar-refractivity contribution >= 4 is 37.5 Å². The second-order valence-corrected chi connectivity index (χ2v) is 6.48. The van der Waals surface area contributed by atoms with Crippen LogP contribution in [0.1, 0.15) is 24.1 Å². The Hall–Kier alpha value is -1.000. The molecule has 2 rings (SSSR count). The molecule has 2 aromatic rings. The molecule has 0 spiro atoms. The first-order chi connectivity index (χ1) is 9.51. The Labute approximate surface area is 136 Å². The molecule has 1 unspecified atom stereocenters. The number of benzene rings is 2. The minimum Gasteiger partial charge on any atom is -0.497 e. The third-order valence-electron chi connectivity index (χ3n) is 3.23. The highest BCUT2D eigenvalue weighted by Crippen LogP contribution is 2.30. The van der Waals surface area contributed by atoms with Crippen LogP contribution in [-0.2, 0) is 0 Å². The summed E-state index contributed by atoms with van der Waals surface area (Å²) in [6.45, 7) is 4.23. The molecule has 0 fully saturated rings. The van der Waals surface area contributed by atoms with Gasteiger partial charge in [0.05, 0.1) is 7.11 Å². The van der Waals surface area contributed by atoms with Gasteiger partial charge < -0.3 is 10.1 Å². The SMILES string of the molecule is COc1ccc(NC(C)c2ccc(Br)cc2Br)c(C)c1. The van der Waals surface area contributed by atoms with Gasteiger partial charge in [-0.1, -0.05) is 37.9 Å². The first-order valence-electron chi connectivity index (χ1n) is 6.37. The molecule has 0 saturated heterocycles. The van der Waals surface area contributed by atoms with Gasteiger partial charge in [-0.05, 0) is 55.3 Å². The summed E-state index contributed by atoms with van der Waals surface area (Å²) >= 11 is 7.09. The van der Waals surface area contributed by atoms with Gasteiger partial charge in [0.25, 0.3) is 0 Å². The number of anilines is 1. The Morgan fingerprint density at radius 3 is 2.45 bits per heavy atom. The Morgan fingerprint density at radius 1 is 1.10 bits per heavy atom. The lowest BCUT2D eigenvalue weighted by Crippen LogP contribution is -2.08. The van der Waals surface area contributed by atoms with Gasteiger partial charge in [-0.15, -0.1) is 0 Å². The maximum atomic E-state index is 5.23. The van der Waals surface area contributed by atoms with Gasteiger partial charge in [0.1, 0.15) is 5.75 Å². The van der Waals surface area contributed by atoms with Crippen molar-refractivity contribution in [1.29, 1.82) is 0 Å². The monoisotopic (exact) mass is 397 g/mol. The lowest BCUT2D eigenvalue weighted by Gasteiger charge is -2.19. The van der Waals surface area contributed by atoms with E-state index in [0.29, 0.717) is 0 Å². The first-order valence-corrected chi connectivity index (χ1v) is 7.96. The zero-order chi connectivity index (χ0) is 14.7. The predicted octanol–water partition coefficient (Wildman–Crippen LogP) is 5.70. The number of ether oxygens (including phenoxy) is 1. The summed E-state index contributed by atoms with van der Waals surface area (Å²) in [6.07, 6.45) is 0. The average molecular weight is 399 g/mol. The molecule has 0 aliphatic heterocycles. The summed E-state index contributed by atoms with van der Waals surface area (Å²) < 4.78 is 7.40. The Balaban J connectivity index is 2.21. The maximum absolute atomic E-state index is 5.23. The van der Waals surface area contributed by atoms with Crippen LogP contribution in [0, 0.1) is 6.92 Å². The molecule has 0 aliphatic carbocycles. The summed E-state index contributed by atoms with van der Waals surface area (Å²) in [5.74, 6) is 0.880. The van der Waals surface area contributed by atoms with Gasteiger partial charge >= 0.3 is 0 Å². The number of methoxy groups -OCH3 is 1. The zero-order valence-corrected chi connectivity index (χ0v) is 14.9. The highest BCUT2D eigenvalue weighted by Gasteiger charge is 2.11. The van der Waals surface area contributed by atoms with Crippen molar-refractivity contribution in [2.45, 2.75) is 19.9 Å². The van der Waals surface area contributed by atoms with Crippen LogP contribution in [0.2, 0.25) is 0 Å². The molecule has 0 bridgehead atoms. The highest BCUT2D eigenvalue weighted by molar-refractivity contribution is 9.11. The number of hydrogen-bond acceptors (Lipinski definition) is 2. The van der Waals surface area contributed by atoms with E-state index in [1.54, 1.807) is 7.11 Å². The van der Waals surface area contributed by atoms with E-state index in [9.17, 15) is 0 Å². The van der Waals surface area contributed by atoms with E-state index in [-0.39, 0.29) is 6.04 Å². The molecular formula is C16H17Br2NO. The smallest absolute Gasteiger partial charge is 0.119 e. The molecule has 1 N–H and O–H groups in total. The second-order valence-electron chi connectivity index (χ2n) is 4.71. The van der Waals surface area contributed by atoms with E-state index in [1.807, 2.05) is 12.1 Å². The van der Waals surface area contributed by atoms with Crippen molar-refractivity contribution in [2.75, 3.05) is 12.4 Å². The lowest BCUT2D eigenvalue weighted by molar-refractivity contribution is 0.414. The van der Waals surface area contributed by atoms with Crippen LogP contribution in [0.4, 0.5) is 5.69 Å². The van der Waals surface area contributed by atoms with Crippen LogP contribution >= 0.6 is 31.9 Å². The Kier molecular flexibility index (Phi) is 5.11. The van der Waals surface area contributed by atoms with Crippen molar-refractivity contribution < 1.29 is 4.74 Å². The number of aryl methyl sites for hydroxylation is 1. The van der Waals surface area contributed by atoms with Gasteiger partial charge in [-0.25, -0.2) is 0 Å². The average Bonchev–Trinajstić information content (AvgIpc) is 2.40. The van der Waals surface area contributed by atoms with Crippen molar-refractivity contribution in [3.8, 4) is 5.75 Å². The fourth-order valence-corrected chi connectivity index (χ4v) is 3.48. The summed E-state index contributed by atoms with van der Waals surface area (Å²) in [6, 6.07) is 12.5. The van der Waals surface area contributed by atoms with Crippen LogP contribution in [0.5, 0.6) is 5.75 Å². The molecular weight excluding hydrogens is 382 g/mol. The predicted molar refractivity (Wildman–Crippen MR) is 91.6 cm³/mol. The van der Waals surface area contributed by atoms with Crippen LogP contribution in [0.25, 0.3) is 0 Å². The molecule has 0 aliphatic rings. The van der Waals surface area contributed by atoms with Crippen molar-refractivity contribution in [3.63, 3.8) is 0 Å².